The molecule has 0 heterocycles. The van der Waals surface area contributed by atoms with Crippen LogP contribution in [-0.2, 0) is 4.79 Å². The number of benzene rings is 2. The summed E-state index contributed by atoms with van der Waals surface area (Å²) in [6.45, 7) is 1.41. The van der Waals surface area contributed by atoms with Gasteiger partial charge in [-0.25, -0.2) is 0 Å². The van der Waals surface area contributed by atoms with E-state index in [2.05, 4.69) is 5.32 Å². The van der Waals surface area contributed by atoms with E-state index in [0.29, 0.717) is 21.8 Å². The van der Waals surface area contributed by atoms with Crippen LogP contribution in [0, 0.1) is 0 Å². The average Bonchev–Trinajstić information content (AvgIpc) is 2.63. The van der Waals surface area contributed by atoms with Gasteiger partial charge in [-0.1, -0.05) is 35.9 Å². The number of anilines is 1. The van der Waals surface area contributed by atoms with Gasteiger partial charge >= 0.3 is 0 Å². The molecule has 1 aliphatic carbocycles. The zero-order chi connectivity index (χ0) is 13.6. The van der Waals surface area contributed by atoms with Crippen molar-refractivity contribution in [2.24, 2.45) is 0 Å². The summed E-state index contributed by atoms with van der Waals surface area (Å²) in [6.07, 6.45) is 0. The molecule has 0 radical (unpaired) electrons. The molecule has 0 atom stereocenters. The molecule has 3 nitrogen and oxygen atoms in total. The molecule has 0 aliphatic heterocycles. The third-order valence-corrected chi connectivity index (χ3v) is 3.39. The van der Waals surface area contributed by atoms with E-state index in [9.17, 15) is 9.59 Å². The van der Waals surface area contributed by atoms with E-state index < -0.39 is 0 Å². The number of carbonyl (C=O) groups excluding carboxylic acids is 2. The van der Waals surface area contributed by atoms with E-state index in [-0.39, 0.29) is 11.7 Å². The summed E-state index contributed by atoms with van der Waals surface area (Å²) in [5, 5.41) is 3.12. The second-order valence-corrected chi connectivity index (χ2v) is 4.84. The molecule has 0 fully saturated rings. The van der Waals surface area contributed by atoms with Crippen LogP contribution >= 0.6 is 11.6 Å². The van der Waals surface area contributed by atoms with Gasteiger partial charge in [-0.05, 0) is 17.7 Å². The average molecular weight is 272 g/mol. The molecular weight excluding hydrogens is 262 g/mol. The van der Waals surface area contributed by atoms with Gasteiger partial charge in [0.25, 0.3) is 0 Å². The molecule has 0 bridgehead atoms. The van der Waals surface area contributed by atoms with Crippen molar-refractivity contribution in [1.29, 1.82) is 0 Å². The van der Waals surface area contributed by atoms with E-state index >= 15 is 0 Å². The van der Waals surface area contributed by atoms with Crippen molar-refractivity contribution in [3.8, 4) is 11.1 Å². The molecular formula is C15H10ClNO2. The third kappa shape index (κ3) is 1.83. The fourth-order valence-corrected chi connectivity index (χ4v) is 2.70. The van der Waals surface area contributed by atoms with Gasteiger partial charge < -0.3 is 5.32 Å². The van der Waals surface area contributed by atoms with Crippen LogP contribution in [0.5, 0.6) is 0 Å². The minimum absolute atomic E-state index is 0.0558. The fraction of sp³-hybridized carbons (Fsp3) is 0.0667. The lowest BCUT2D eigenvalue weighted by atomic mass is 10.1. The van der Waals surface area contributed by atoms with E-state index in [1.807, 2.05) is 18.2 Å². The number of ketones is 1. The Morgan fingerprint density at radius 3 is 2.47 bits per heavy atom. The normalized spacial score (nSPS) is 12.0. The van der Waals surface area contributed by atoms with Crippen LogP contribution in [0.4, 0.5) is 5.69 Å². The van der Waals surface area contributed by atoms with Crippen LogP contribution in [0.2, 0.25) is 5.02 Å². The number of hydrogen-bond acceptors (Lipinski definition) is 2. The molecule has 1 aliphatic rings. The number of nitrogens with one attached hydrogen (secondary N) is 1. The van der Waals surface area contributed by atoms with Gasteiger partial charge in [0.05, 0.1) is 5.02 Å². The number of rotatable bonds is 1. The lowest BCUT2D eigenvalue weighted by molar-refractivity contribution is -0.114. The molecule has 19 heavy (non-hydrogen) atoms. The zero-order valence-electron chi connectivity index (χ0n) is 10.2. The summed E-state index contributed by atoms with van der Waals surface area (Å²) < 4.78 is 0. The van der Waals surface area contributed by atoms with Crippen molar-refractivity contribution in [3.63, 3.8) is 0 Å². The number of hydrogen-bond donors (Lipinski definition) is 1. The first-order valence-corrected chi connectivity index (χ1v) is 6.21. The summed E-state index contributed by atoms with van der Waals surface area (Å²) >= 11 is 6.25. The summed E-state index contributed by atoms with van der Waals surface area (Å²) in [5.74, 6) is -0.251. The van der Waals surface area contributed by atoms with Crippen molar-refractivity contribution in [2.45, 2.75) is 6.92 Å². The van der Waals surface area contributed by atoms with Crippen LogP contribution in [0.3, 0.4) is 0 Å². The SMILES string of the molecule is CC(=O)Nc1cc(Cl)c2c(c1)C(=O)c1ccccc1-2. The fourth-order valence-electron chi connectivity index (χ4n) is 2.38. The Hall–Kier alpha value is -2.13. The Kier molecular flexibility index (Phi) is 2.64. The van der Waals surface area contributed by atoms with Crippen molar-refractivity contribution < 1.29 is 9.59 Å². The molecule has 2 aromatic rings. The molecule has 1 N–H and O–H groups in total. The summed E-state index contributed by atoms with van der Waals surface area (Å²) in [5.41, 5.74) is 3.33. The second kappa shape index (κ2) is 4.21. The molecule has 3 rings (SSSR count). The Balaban J connectivity index is 2.22. The second-order valence-electron chi connectivity index (χ2n) is 4.44. The maximum atomic E-state index is 12.3. The van der Waals surface area contributed by atoms with Gasteiger partial charge in [0.15, 0.2) is 5.78 Å². The Labute approximate surface area is 115 Å². The van der Waals surface area contributed by atoms with Crippen molar-refractivity contribution in [2.75, 3.05) is 5.32 Å². The Morgan fingerprint density at radius 1 is 1.11 bits per heavy atom. The predicted octanol–water partition coefficient (Wildman–Crippen LogP) is 3.51. The smallest absolute Gasteiger partial charge is 0.221 e. The highest BCUT2D eigenvalue weighted by molar-refractivity contribution is 6.37. The number of carbonyl (C=O) groups is 2. The number of fused-ring (bicyclic) bond motifs is 3. The Bertz CT molecular complexity index is 722. The van der Waals surface area contributed by atoms with Gasteiger partial charge in [0, 0.05) is 29.3 Å². The first-order chi connectivity index (χ1) is 9.08. The summed E-state index contributed by atoms with van der Waals surface area (Å²) in [6, 6.07) is 10.7. The van der Waals surface area contributed by atoms with Crippen molar-refractivity contribution in [3.05, 3.63) is 52.5 Å². The molecule has 0 aromatic heterocycles. The molecule has 1 amide bonds. The summed E-state index contributed by atoms with van der Waals surface area (Å²) in [7, 11) is 0. The lowest BCUT2D eigenvalue weighted by Crippen LogP contribution is -2.06. The maximum Gasteiger partial charge on any atom is 0.221 e. The number of amides is 1. The third-order valence-electron chi connectivity index (χ3n) is 3.10. The highest BCUT2D eigenvalue weighted by Crippen LogP contribution is 2.42. The summed E-state index contributed by atoms with van der Waals surface area (Å²) in [4.78, 5) is 23.4. The van der Waals surface area contributed by atoms with Crippen LogP contribution in [0.25, 0.3) is 11.1 Å². The van der Waals surface area contributed by atoms with E-state index in [1.54, 1.807) is 18.2 Å². The highest BCUT2D eigenvalue weighted by atomic mass is 35.5. The molecule has 0 spiro atoms. The minimum atomic E-state index is -0.195. The van der Waals surface area contributed by atoms with Gasteiger partial charge in [-0.3, -0.25) is 9.59 Å². The molecule has 94 valence electrons. The Morgan fingerprint density at radius 2 is 1.79 bits per heavy atom. The predicted molar refractivity (Wildman–Crippen MR) is 74.6 cm³/mol. The quantitative estimate of drug-likeness (QED) is 0.736. The number of halogens is 1. The van der Waals surface area contributed by atoms with Crippen LogP contribution in [-0.4, -0.2) is 11.7 Å². The standard InChI is InChI=1S/C15H10ClNO2/c1-8(18)17-9-6-12-14(13(16)7-9)10-4-2-3-5-11(10)15(12)19/h2-7H,1H3,(H,17,18). The molecule has 2 aromatic carbocycles. The van der Waals surface area contributed by atoms with Gasteiger partial charge in [-0.2, -0.15) is 0 Å². The maximum absolute atomic E-state index is 12.3. The van der Waals surface area contributed by atoms with Crippen LogP contribution < -0.4 is 5.32 Å². The first kappa shape index (κ1) is 11.9. The minimum Gasteiger partial charge on any atom is -0.326 e. The van der Waals surface area contributed by atoms with E-state index in [4.69, 9.17) is 11.6 Å². The lowest BCUT2D eigenvalue weighted by Gasteiger charge is -2.07. The van der Waals surface area contributed by atoms with Gasteiger partial charge in [0.1, 0.15) is 0 Å². The first-order valence-electron chi connectivity index (χ1n) is 5.83. The van der Waals surface area contributed by atoms with Crippen molar-refractivity contribution >= 4 is 29.0 Å². The van der Waals surface area contributed by atoms with Crippen LogP contribution in [0.1, 0.15) is 22.8 Å². The van der Waals surface area contributed by atoms with Gasteiger partial charge in [0.2, 0.25) is 5.91 Å². The monoisotopic (exact) mass is 271 g/mol. The molecule has 4 heteroatoms. The van der Waals surface area contributed by atoms with E-state index in [0.717, 1.165) is 11.1 Å². The van der Waals surface area contributed by atoms with Crippen molar-refractivity contribution in [1.82, 2.24) is 0 Å². The largest absolute Gasteiger partial charge is 0.326 e. The highest BCUT2D eigenvalue weighted by Gasteiger charge is 2.28. The topological polar surface area (TPSA) is 46.2 Å². The molecule has 0 saturated carbocycles. The van der Waals surface area contributed by atoms with Gasteiger partial charge in [-0.15, -0.1) is 0 Å². The molecule has 0 saturated heterocycles. The zero-order valence-corrected chi connectivity index (χ0v) is 10.9. The molecule has 0 unspecified atom stereocenters. The van der Waals surface area contributed by atoms with Crippen LogP contribution in [0.15, 0.2) is 36.4 Å². The van der Waals surface area contributed by atoms with E-state index in [1.165, 1.54) is 6.92 Å².